The number of carbonyl (C=O) groups excluding carboxylic acids is 1. The number of nitro benzene ring substituents is 1. The van der Waals surface area contributed by atoms with Gasteiger partial charge in [-0.1, -0.05) is 11.6 Å². The summed E-state index contributed by atoms with van der Waals surface area (Å²) in [6.45, 7) is 1.33. The number of nitro groups is 1. The third-order valence-electron chi connectivity index (χ3n) is 4.80. The van der Waals surface area contributed by atoms with Crippen molar-refractivity contribution in [3.63, 3.8) is 0 Å². The SMILES string of the molecule is O=C(CN1CCCN(S(=O)(=O)c2ccc(F)cc2)CC1)Nc1ccc([N+](=O)[O-])cc1Cl. The number of nitrogens with one attached hydrogen (secondary N) is 1. The maximum absolute atomic E-state index is 13.1. The van der Waals surface area contributed by atoms with Gasteiger partial charge in [0.15, 0.2) is 0 Å². The molecule has 0 bridgehead atoms. The lowest BCUT2D eigenvalue weighted by molar-refractivity contribution is -0.384. The monoisotopic (exact) mass is 470 g/mol. The van der Waals surface area contributed by atoms with E-state index in [4.69, 9.17) is 11.6 Å². The van der Waals surface area contributed by atoms with Gasteiger partial charge in [-0.15, -0.1) is 0 Å². The Morgan fingerprint density at radius 1 is 1.13 bits per heavy atom. The molecule has 31 heavy (non-hydrogen) atoms. The molecule has 1 aliphatic rings. The van der Waals surface area contributed by atoms with Gasteiger partial charge < -0.3 is 5.32 Å². The zero-order chi connectivity index (χ0) is 22.6. The Bertz CT molecular complexity index is 1080. The molecule has 12 heteroatoms. The summed E-state index contributed by atoms with van der Waals surface area (Å²) in [4.78, 5) is 24.4. The van der Waals surface area contributed by atoms with Crippen molar-refractivity contribution in [3.05, 3.63) is 63.4 Å². The number of rotatable bonds is 6. The van der Waals surface area contributed by atoms with Crippen LogP contribution in [-0.4, -0.2) is 61.2 Å². The molecular weight excluding hydrogens is 451 g/mol. The van der Waals surface area contributed by atoms with Gasteiger partial charge in [0.25, 0.3) is 5.69 Å². The van der Waals surface area contributed by atoms with Crippen LogP contribution in [0.4, 0.5) is 15.8 Å². The molecule has 1 aliphatic heterocycles. The van der Waals surface area contributed by atoms with Gasteiger partial charge in [0, 0.05) is 31.8 Å². The maximum Gasteiger partial charge on any atom is 0.271 e. The number of hydrogen-bond donors (Lipinski definition) is 1. The van der Waals surface area contributed by atoms with Crippen LogP contribution in [0.5, 0.6) is 0 Å². The van der Waals surface area contributed by atoms with Crippen molar-refractivity contribution in [2.24, 2.45) is 0 Å². The first-order valence-corrected chi connectivity index (χ1v) is 11.2. The van der Waals surface area contributed by atoms with Crippen LogP contribution < -0.4 is 5.32 Å². The Morgan fingerprint density at radius 2 is 1.84 bits per heavy atom. The first kappa shape index (κ1) is 23.1. The fourth-order valence-corrected chi connectivity index (χ4v) is 4.90. The number of anilines is 1. The van der Waals surface area contributed by atoms with Crippen LogP contribution in [0.3, 0.4) is 0 Å². The minimum absolute atomic E-state index is 0.0117. The molecule has 2 aromatic rings. The number of carbonyl (C=O) groups is 1. The lowest BCUT2D eigenvalue weighted by Gasteiger charge is -2.21. The molecule has 1 fully saturated rings. The van der Waals surface area contributed by atoms with Gasteiger partial charge in [-0.25, -0.2) is 12.8 Å². The molecular formula is C19H20ClFN4O5S. The van der Waals surface area contributed by atoms with Crippen LogP contribution in [-0.2, 0) is 14.8 Å². The van der Waals surface area contributed by atoms with Gasteiger partial charge in [-0.3, -0.25) is 19.8 Å². The van der Waals surface area contributed by atoms with Crippen LogP contribution in [0.25, 0.3) is 0 Å². The van der Waals surface area contributed by atoms with Crippen LogP contribution >= 0.6 is 11.6 Å². The molecule has 1 heterocycles. The summed E-state index contributed by atoms with van der Waals surface area (Å²) >= 11 is 5.99. The Kier molecular flexibility index (Phi) is 7.21. The van der Waals surface area contributed by atoms with Crippen LogP contribution in [0.2, 0.25) is 5.02 Å². The molecule has 0 aromatic heterocycles. The fraction of sp³-hybridized carbons (Fsp3) is 0.316. The second kappa shape index (κ2) is 9.69. The molecule has 0 saturated carbocycles. The normalized spacial score (nSPS) is 15.9. The van der Waals surface area contributed by atoms with Crippen LogP contribution in [0.15, 0.2) is 47.4 Å². The van der Waals surface area contributed by atoms with E-state index in [1.54, 1.807) is 0 Å². The number of hydrogen-bond acceptors (Lipinski definition) is 6. The van der Waals surface area contributed by atoms with E-state index in [0.717, 1.165) is 18.2 Å². The number of nitrogens with zero attached hydrogens (tertiary/aromatic N) is 3. The highest BCUT2D eigenvalue weighted by molar-refractivity contribution is 7.89. The predicted octanol–water partition coefficient (Wildman–Crippen LogP) is 2.72. The van der Waals surface area contributed by atoms with Crippen LogP contribution in [0, 0.1) is 15.9 Å². The molecule has 0 atom stereocenters. The van der Waals surface area contributed by atoms with E-state index in [9.17, 15) is 27.7 Å². The van der Waals surface area contributed by atoms with Gasteiger partial charge in [0.2, 0.25) is 15.9 Å². The molecule has 0 radical (unpaired) electrons. The van der Waals surface area contributed by atoms with Crippen molar-refractivity contribution < 1.29 is 22.5 Å². The van der Waals surface area contributed by atoms with Crippen molar-refractivity contribution >= 4 is 38.9 Å². The number of sulfonamides is 1. The molecule has 3 rings (SSSR count). The number of amides is 1. The second-order valence-electron chi connectivity index (χ2n) is 6.96. The maximum atomic E-state index is 13.1. The molecule has 1 saturated heterocycles. The van der Waals surface area contributed by atoms with Crippen molar-refractivity contribution in [1.82, 2.24) is 9.21 Å². The Labute approximate surface area is 183 Å². The Hall–Kier alpha value is -2.60. The quantitative estimate of drug-likeness (QED) is 0.513. The average molecular weight is 471 g/mol. The minimum atomic E-state index is -3.75. The largest absolute Gasteiger partial charge is 0.324 e. The zero-order valence-electron chi connectivity index (χ0n) is 16.3. The van der Waals surface area contributed by atoms with Crippen molar-refractivity contribution in [2.45, 2.75) is 11.3 Å². The average Bonchev–Trinajstić information content (AvgIpc) is 2.95. The second-order valence-corrected chi connectivity index (χ2v) is 9.30. The van der Waals surface area contributed by atoms with E-state index in [0.29, 0.717) is 19.5 Å². The molecule has 2 aromatic carbocycles. The third-order valence-corrected chi connectivity index (χ3v) is 7.03. The first-order chi connectivity index (χ1) is 14.7. The fourth-order valence-electron chi connectivity index (χ4n) is 3.21. The Morgan fingerprint density at radius 3 is 2.48 bits per heavy atom. The lowest BCUT2D eigenvalue weighted by Crippen LogP contribution is -2.38. The summed E-state index contributed by atoms with van der Waals surface area (Å²) < 4.78 is 40.0. The van der Waals surface area contributed by atoms with Crippen molar-refractivity contribution in [3.8, 4) is 0 Å². The number of non-ortho nitro benzene ring substituents is 1. The van der Waals surface area contributed by atoms with E-state index in [2.05, 4.69) is 5.32 Å². The highest BCUT2D eigenvalue weighted by Gasteiger charge is 2.27. The highest BCUT2D eigenvalue weighted by atomic mass is 35.5. The number of benzene rings is 2. The summed E-state index contributed by atoms with van der Waals surface area (Å²) in [6, 6.07) is 8.42. The van der Waals surface area contributed by atoms with Crippen LogP contribution in [0.1, 0.15) is 6.42 Å². The molecule has 9 nitrogen and oxygen atoms in total. The lowest BCUT2D eigenvalue weighted by atomic mass is 10.2. The topological polar surface area (TPSA) is 113 Å². The van der Waals surface area contributed by atoms with E-state index >= 15 is 0 Å². The van der Waals surface area contributed by atoms with Crippen molar-refractivity contribution in [2.75, 3.05) is 38.0 Å². The summed E-state index contributed by atoms with van der Waals surface area (Å²) in [5.41, 5.74) is 0.0746. The smallest absolute Gasteiger partial charge is 0.271 e. The van der Waals surface area contributed by atoms with Gasteiger partial charge in [0.1, 0.15) is 5.82 Å². The van der Waals surface area contributed by atoms with Crippen molar-refractivity contribution in [1.29, 1.82) is 0 Å². The summed E-state index contributed by atoms with van der Waals surface area (Å²) in [5.74, 6) is -0.884. The van der Waals surface area contributed by atoms with Gasteiger partial charge >= 0.3 is 0 Å². The highest BCUT2D eigenvalue weighted by Crippen LogP contribution is 2.26. The molecule has 0 unspecified atom stereocenters. The van der Waals surface area contributed by atoms with Gasteiger partial charge in [0.05, 0.1) is 27.1 Å². The number of halogens is 2. The summed E-state index contributed by atoms with van der Waals surface area (Å²) in [6.07, 6.45) is 0.520. The van der Waals surface area contributed by atoms with Gasteiger partial charge in [-0.2, -0.15) is 4.31 Å². The predicted molar refractivity (Wildman–Crippen MR) is 113 cm³/mol. The molecule has 1 amide bonds. The molecule has 0 spiro atoms. The summed E-state index contributed by atoms with van der Waals surface area (Å²) in [7, 11) is -3.75. The first-order valence-electron chi connectivity index (χ1n) is 9.38. The molecule has 0 aliphatic carbocycles. The standard InChI is InChI=1S/C19H20ClFN4O5S/c20-17-12-15(25(27)28)4-7-18(17)22-19(26)13-23-8-1-9-24(11-10-23)31(29,30)16-5-2-14(21)3-6-16/h2-7,12H,1,8-11,13H2,(H,22,26). The van der Waals surface area contributed by atoms with Gasteiger partial charge in [-0.05, 0) is 43.3 Å². The van der Waals surface area contributed by atoms with E-state index in [1.165, 1.54) is 28.6 Å². The zero-order valence-corrected chi connectivity index (χ0v) is 17.9. The molecule has 166 valence electrons. The summed E-state index contributed by atoms with van der Waals surface area (Å²) in [5, 5.41) is 13.4. The third kappa shape index (κ3) is 5.76. The Balaban J connectivity index is 1.59. The molecule has 1 N–H and O–H groups in total. The van der Waals surface area contributed by atoms with E-state index in [-0.39, 0.29) is 46.8 Å². The van der Waals surface area contributed by atoms with E-state index in [1.807, 2.05) is 4.90 Å². The minimum Gasteiger partial charge on any atom is -0.324 e. The van der Waals surface area contributed by atoms with E-state index < -0.39 is 20.8 Å².